The van der Waals surface area contributed by atoms with E-state index >= 15 is 0 Å². The lowest BCUT2D eigenvalue weighted by Crippen LogP contribution is -2.36. The molecule has 0 spiro atoms. The minimum atomic E-state index is 0. The number of aryl methyl sites for hydroxylation is 1. The maximum Gasteiger partial charge on any atom is 0.126 e. The number of hydrogen-bond acceptors (Lipinski definition) is 4. The lowest BCUT2D eigenvalue weighted by Gasteiger charge is -2.28. The molecule has 1 aromatic rings. The summed E-state index contributed by atoms with van der Waals surface area (Å²) in [7, 11) is 1.91. The summed E-state index contributed by atoms with van der Waals surface area (Å²) in [5.41, 5.74) is 8.43. The first-order valence-electron chi connectivity index (χ1n) is 6.38. The Morgan fingerprint density at radius 1 is 1.50 bits per heavy atom. The molecule has 0 saturated carbocycles. The first-order valence-corrected chi connectivity index (χ1v) is 6.38. The third kappa shape index (κ3) is 2.48. The van der Waals surface area contributed by atoms with E-state index in [1.165, 1.54) is 24.1 Å². The number of nitrogens with two attached hydrogens (primary N) is 1. The Labute approximate surface area is 114 Å². The normalized spacial score (nSPS) is 23.7. The van der Waals surface area contributed by atoms with E-state index in [4.69, 9.17) is 10.5 Å². The minimum absolute atomic E-state index is 0. The summed E-state index contributed by atoms with van der Waals surface area (Å²) in [5.74, 6) is 0.817. The van der Waals surface area contributed by atoms with E-state index in [0.717, 1.165) is 38.5 Å². The highest BCUT2D eigenvalue weighted by Crippen LogP contribution is 2.24. The Hall–Kier alpha value is -0.780. The van der Waals surface area contributed by atoms with Crippen LogP contribution in [0, 0.1) is 0 Å². The summed E-state index contributed by atoms with van der Waals surface area (Å²) in [6, 6.07) is 0. The number of nitrogens with zero attached hydrogens (tertiary/aromatic N) is 3. The summed E-state index contributed by atoms with van der Waals surface area (Å²) in [5, 5.41) is 4.45. The molecule has 1 aromatic heterocycles. The van der Waals surface area contributed by atoms with Gasteiger partial charge in [-0.15, -0.1) is 12.4 Å². The lowest BCUT2D eigenvalue weighted by molar-refractivity contribution is 0.0688. The van der Waals surface area contributed by atoms with E-state index in [-0.39, 0.29) is 12.4 Å². The van der Waals surface area contributed by atoms with Crippen LogP contribution in [-0.2, 0) is 24.8 Å². The molecular formula is C12H21ClN4O. The fourth-order valence-electron chi connectivity index (χ4n) is 2.81. The Balaban J connectivity index is 0.00000120. The van der Waals surface area contributed by atoms with Gasteiger partial charge in [-0.1, -0.05) is 0 Å². The third-order valence-corrected chi connectivity index (χ3v) is 3.81. The van der Waals surface area contributed by atoms with Gasteiger partial charge in [-0.05, 0) is 12.8 Å². The number of fused-ring (bicyclic) bond motifs is 1. The molecule has 1 fully saturated rings. The van der Waals surface area contributed by atoms with Gasteiger partial charge in [-0.2, -0.15) is 5.10 Å². The van der Waals surface area contributed by atoms with E-state index in [9.17, 15) is 0 Å². The molecule has 102 valence electrons. The van der Waals surface area contributed by atoms with Gasteiger partial charge in [0.2, 0.25) is 0 Å². The maximum atomic E-state index is 6.04. The van der Waals surface area contributed by atoms with Crippen LogP contribution in [0.4, 0.5) is 5.82 Å². The number of hydrogen-bond donors (Lipinski definition) is 1. The first-order chi connectivity index (χ1) is 8.24. The summed E-state index contributed by atoms with van der Waals surface area (Å²) in [4.78, 5) is 2.44. The van der Waals surface area contributed by atoms with Crippen LogP contribution in [0.25, 0.3) is 0 Å². The van der Waals surface area contributed by atoms with Crippen LogP contribution >= 0.6 is 12.4 Å². The number of aromatic nitrogens is 2. The van der Waals surface area contributed by atoms with Crippen molar-refractivity contribution in [3.05, 3.63) is 11.3 Å². The summed E-state index contributed by atoms with van der Waals surface area (Å²) >= 11 is 0. The third-order valence-electron chi connectivity index (χ3n) is 3.81. The predicted octanol–water partition coefficient (Wildman–Crippen LogP) is 0.961. The van der Waals surface area contributed by atoms with Crippen molar-refractivity contribution in [2.45, 2.75) is 31.9 Å². The van der Waals surface area contributed by atoms with Crippen molar-refractivity contribution in [1.82, 2.24) is 14.7 Å². The van der Waals surface area contributed by atoms with Crippen LogP contribution in [-0.4, -0.2) is 40.5 Å². The number of nitrogen functional groups attached to an aromatic ring is 1. The molecule has 0 aliphatic carbocycles. The standard InChI is InChI=1S/C12H20N4O.ClH/c1-15-12(13)10-8-16(5-4-11(10)14-15)7-9-3-2-6-17-9;/h9H,2-8,13H2,1H3;1H. The molecule has 2 N–H and O–H groups in total. The minimum Gasteiger partial charge on any atom is -0.384 e. The SMILES string of the molecule is Cl.Cn1nc2c(c1N)CN(CC1CCCO1)CC2. The lowest BCUT2D eigenvalue weighted by atomic mass is 10.1. The van der Waals surface area contributed by atoms with Crippen molar-refractivity contribution in [2.24, 2.45) is 7.05 Å². The van der Waals surface area contributed by atoms with Gasteiger partial charge >= 0.3 is 0 Å². The Morgan fingerprint density at radius 3 is 3.06 bits per heavy atom. The molecule has 1 unspecified atom stereocenters. The quantitative estimate of drug-likeness (QED) is 0.871. The van der Waals surface area contributed by atoms with Crippen molar-refractivity contribution in [2.75, 3.05) is 25.4 Å². The second-order valence-electron chi connectivity index (χ2n) is 5.05. The fraction of sp³-hybridized carbons (Fsp3) is 0.750. The van der Waals surface area contributed by atoms with Gasteiger partial charge < -0.3 is 10.5 Å². The van der Waals surface area contributed by atoms with Gasteiger partial charge in [0, 0.05) is 45.3 Å². The summed E-state index contributed by atoms with van der Waals surface area (Å²) < 4.78 is 7.48. The Morgan fingerprint density at radius 2 is 2.33 bits per heavy atom. The van der Waals surface area contributed by atoms with Gasteiger partial charge in [0.1, 0.15) is 5.82 Å². The van der Waals surface area contributed by atoms with Gasteiger partial charge in [0.05, 0.1) is 11.8 Å². The molecule has 5 nitrogen and oxygen atoms in total. The molecule has 1 atom stereocenters. The van der Waals surface area contributed by atoms with Crippen molar-refractivity contribution >= 4 is 18.2 Å². The monoisotopic (exact) mass is 272 g/mol. The summed E-state index contributed by atoms with van der Waals surface area (Å²) in [6.45, 7) is 3.96. The van der Waals surface area contributed by atoms with Gasteiger partial charge in [0.25, 0.3) is 0 Å². The van der Waals surface area contributed by atoms with Crippen molar-refractivity contribution in [3.8, 4) is 0 Å². The second kappa shape index (κ2) is 5.47. The maximum absolute atomic E-state index is 6.04. The van der Waals surface area contributed by atoms with Crippen LogP contribution in [0.5, 0.6) is 0 Å². The number of halogens is 1. The number of rotatable bonds is 2. The number of ether oxygens (including phenoxy) is 1. The Bertz CT molecular complexity index is 414. The fourth-order valence-corrected chi connectivity index (χ4v) is 2.81. The van der Waals surface area contributed by atoms with E-state index < -0.39 is 0 Å². The van der Waals surface area contributed by atoms with E-state index in [1.54, 1.807) is 4.68 Å². The van der Waals surface area contributed by atoms with Crippen LogP contribution in [0.2, 0.25) is 0 Å². The van der Waals surface area contributed by atoms with Crippen LogP contribution < -0.4 is 5.73 Å². The van der Waals surface area contributed by atoms with Crippen molar-refractivity contribution in [3.63, 3.8) is 0 Å². The second-order valence-corrected chi connectivity index (χ2v) is 5.05. The molecule has 0 amide bonds. The molecule has 0 radical (unpaired) electrons. The topological polar surface area (TPSA) is 56.3 Å². The first kappa shape index (κ1) is 13.6. The molecule has 0 bridgehead atoms. The summed E-state index contributed by atoms with van der Waals surface area (Å²) in [6.07, 6.45) is 3.84. The highest BCUT2D eigenvalue weighted by Gasteiger charge is 2.25. The average molecular weight is 273 g/mol. The van der Waals surface area contributed by atoms with Crippen LogP contribution in [0.1, 0.15) is 24.1 Å². The van der Waals surface area contributed by atoms with E-state index in [1.807, 2.05) is 7.05 Å². The van der Waals surface area contributed by atoms with E-state index in [2.05, 4.69) is 10.00 Å². The number of anilines is 1. The highest BCUT2D eigenvalue weighted by molar-refractivity contribution is 5.85. The molecule has 18 heavy (non-hydrogen) atoms. The van der Waals surface area contributed by atoms with Crippen LogP contribution in [0.15, 0.2) is 0 Å². The van der Waals surface area contributed by atoms with Gasteiger partial charge in [-0.3, -0.25) is 9.58 Å². The van der Waals surface area contributed by atoms with Gasteiger partial charge in [0.15, 0.2) is 0 Å². The average Bonchev–Trinajstić information content (AvgIpc) is 2.91. The largest absolute Gasteiger partial charge is 0.384 e. The molecule has 2 aliphatic rings. The zero-order valence-electron chi connectivity index (χ0n) is 10.8. The smallest absolute Gasteiger partial charge is 0.126 e. The zero-order chi connectivity index (χ0) is 11.8. The molecule has 2 aliphatic heterocycles. The highest BCUT2D eigenvalue weighted by atomic mass is 35.5. The van der Waals surface area contributed by atoms with Crippen molar-refractivity contribution in [1.29, 1.82) is 0 Å². The molecule has 3 heterocycles. The zero-order valence-corrected chi connectivity index (χ0v) is 11.6. The van der Waals surface area contributed by atoms with Crippen LogP contribution in [0.3, 0.4) is 0 Å². The molecule has 1 saturated heterocycles. The molecule has 3 rings (SSSR count). The van der Waals surface area contributed by atoms with Crippen molar-refractivity contribution < 1.29 is 4.74 Å². The predicted molar refractivity (Wildman–Crippen MR) is 72.8 cm³/mol. The Kier molecular flexibility index (Phi) is 4.14. The van der Waals surface area contributed by atoms with Gasteiger partial charge in [-0.25, -0.2) is 0 Å². The van der Waals surface area contributed by atoms with E-state index in [0.29, 0.717) is 6.10 Å². The molecule has 6 heteroatoms. The molecule has 0 aromatic carbocycles. The molecular weight excluding hydrogens is 252 g/mol.